The van der Waals surface area contributed by atoms with Gasteiger partial charge in [-0.3, -0.25) is 4.79 Å². The van der Waals surface area contributed by atoms with Crippen LogP contribution in [0.1, 0.15) is 40.2 Å². The van der Waals surface area contributed by atoms with Gasteiger partial charge in [0.05, 0.1) is 12.3 Å². The summed E-state index contributed by atoms with van der Waals surface area (Å²) in [7, 11) is 0. The Morgan fingerprint density at radius 1 is 1.09 bits per heavy atom. The van der Waals surface area contributed by atoms with Crippen LogP contribution in [0.2, 0.25) is 0 Å². The maximum absolute atomic E-state index is 11.9. The summed E-state index contributed by atoms with van der Waals surface area (Å²) in [5.41, 5.74) is 16.6. The highest BCUT2D eigenvalue weighted by atomic mass is 32.1. The number of hydrogen-bond acceptors (Lipinski definition) is 7. The number of nitrogens with two attached hydrogens (primary N) is 2. The molecule has 0 aliphatic heterocycles. The van der Waals surface area contributed by atoms with E-state index in [1.807, 2.05) is 24.3 Å². The molecule has 9 heteroatoms. The van der Waals surface area contributed by atoms with E-state index in [0.29, 0.717) is 16.3 Å². The molecule has 1 aliphatic rings. The minimum Gasteiger partial charge on any atom is -0.491 e. The molecule has 0 saturated heterocycles. The van der Waals surface area contributed by atoms with Gasteiger partial charge in [0, 0.05) is 11.1 Å². The highest BCUT2D eigenvalue weighted by Gasteiger charge is 2.24. The third kappa shape index (κ3) is 4.53. The lowest BCUT2D eigenvalue weighted by molar-refractivity contribution is -0.142. The molecule has 8 nitrogen and oxygen atoms in total. The largest absolute Gasteiger partial charge is 0.491 e. The summed E-state index contributed by atoms with van der Waals surface area (Å²) in [6.45, 7) is 0.0929. The third-order valence-corrected chi connectivity index (χ3v) is 6.61. The molecule has 0 atom stereocenters. The number of aliphatic carboxylic acids is 1. The van der Waals surface area contributed by atoms with Gasteiger partial charge in [-0.2, -0.15) is 0 Å². The summed E-state index contributed by atoms with van der Waals surface area (Å²) in [6, 6.07) is 7.65. The van der Waals surface area contributed by atoms with E-state index in [2.05, 4.69) is 0 Å². The zero-order valence-electron chi connectivity index (χ0n) is 17.6. The van der Waals surface area contributed by atoms with Gasteiger partial charge in [-0.05, 0) is 54.5 Å². The molecule has 0 radical (unpaired) electrons. The van der Waals surface area contributed by atoms with Gasteiger partial charge >= 0.3 is 5.97 Å². The first kappa shape index (κ1) is 22.0. The molecule has 4 rings (SSSR count). The number of aryl methyl sites for hydroxylation is 1. The fraction of sp³-hybridized carbons (Fsp3) is 0.348. The fourth-order valence-electron chi connectivity index (χ4n) is 4.08. The predicted octanol–water partition coefficient (Wildman–Crippen LogP) is 3.39. The number of hydrogen-bond donors (Lipinski definition) is 3. The normalized spacial score (nSPS) is 13.5. The number of benzene rings is 1. The maximum atomic E-state index is 11.9. The molecule has 2 aromatic heterocycles. The van der Waals surface area contributed by atoms with Crippen molar-refractivity contribution in [3.05, 3.63) is 40.4 Å². The van der Waals surface area contributed by atoms with Gasteiger partial charge in [0.25, 0.3) is 5.91 Å². The molecular formula is C23H25N3O5S. The lowest BCUT2D eigenvalue weighted by Crippen LogP contribution is -2.12. The van der Waals surface area contributed by atoms with Gasteiger partial charge in [0.2, 0.25) is 0 Å². The van der Waals surface area contributed by atoms with Crippen LogP contribution in [-0.4, -0.2) is 41.8 Å². The molecule has 0 unspecified atom stereocenters. The van der Waals surface area contributed by atoms with E-state index in [4.69, 9.17) is 31.0 Å². The van der Waals surface area contributed by atoms with E-state index in [9.17, 15) is 9.59 Å². The highest BCUT2D eigenvalue weighted by molar-refractivity contribution is 7.21. The zero-order chi connectivity index (χ0) is 22.7. The van der Waals surface area contributed by atoms with Crippen LogP contribution in [0.15, 0.2) is 24.3 Å². The summed E-state index contributed by atoms with van der Waals surface area (Å²) in [4.78, 5) is 28.3. The van der Waals surface area contributed by atoms with Crippen molar-refractivity contribution in [1.82, 2.24) is 4.98 Å². The first-order chi connectivity index (χ1) is 15.5. The first-order valence-corrected chi connectivity index (χ1v) is 11.3. The molecular weight excluding hydrogens is 430 g/mol. The quantitative estimate of drug-likeness (QED) is 0.350. The molecule has 0 fully saturated rings. The molecule has 0 spiro atoms. The molecule has 3 aromatic rings. The number of thiophene rings is 1. The highest BCUT2D eigenvalue weighted by Crippen LogP contribution is 2.43. The SMILES string of the molecule is NC(=O)c1sc2nc3c(c(-c4ccc(OCCOCC(=O)O)cc4)c2c1N)CCCCC3. The van der Waals surface area contributed by atoms with Crippen molar-refractivity contribution >= 4 is 39.1 Å². The van der Waals surface area contributed by atoms with Gasteiger partial charge in [-0.25, -0.2) is 9.78 Å². The van der Waals surface area contributed by atoms with Crippen molar-refractivity contribution in [3.63, 3.8) is 0 Å². The number of carboxylic acids is 1. The third-order valence-electron chi connectivity index (χ3n) is 5.49. The average Bonchev–Trinajstić information content (AvgIpc) is 2.93. The molecule has 0 bridgehead atoms. The Balaban J connectivity index is 1.69. The van der Waals surface area contributed by atoms with Crippen LogP contribution in [0.3, 0.4) is 0 Å². The van der Waals surface area contributed by atoms with E-state index < -0.39 is 11.9 Å². The number of carboxylic acid groups (broad SMARTS) is 1. The number of fused-ring (bicyclic) bond motifs is 2. The second kappa shape index (κ2) is 9.54. The van der Waals surface area contributed by atoms with E-state index in [1.165, 1.54) is 16.9 Å². The molecule has 5 N–H and O–H groups in total. The fourth-order valence-corrected chi connectivity index (χ4v) is 5.06. The topological polar surface area (TPSA) is 138 Å². The summed E-state index contributed by atoms with van der Waals surface area (Å²) < 4.78 is 10.6. The van der Waals surface area contributed by atoms with Crippen molar-refractivity contribution in [2.75, 3.05) is 25.6 Å². The first-order valence-electron chi connectivity index (χ1n) is 10.5. The summed E-state index contributed by atoms with van der Waals surface area (Å²) >= 11 is 1.25. The van der Waals surface area contributed by atoms with Gasteiger partial charge in [-0.1, -0.05) is 18.6 Å². The van der Waals surface area contributed by atoms with Gasteiger partial charge < -0.3 is 26.0 Å². The number of aromatic nitrogens is 1. The Kier molecular flexibility index (Phi) is 6.57. The van der Waals surface area contributed by atoms with Crippen molar-refractivity contribution in [2.45, 2.75) is 32.1 Å². The minimum atomic E-state index is -1.01. The van der Waals surface area contributed by atoms with Crippen molar-refractivity contribution in [1.29, 1.82) is 0 Å². The molecule has 1 aliphatic carbocycles. The number of carbonyl (C=O) groups excluding carboxylic acids is 1. The number of rotatable bonds is 8. The van der Waals surface area contributed by atoms with Crippen LogP contribution in [0.4, 0.5) is 5.69 Å². The van der Waals surface area contributed by atoms with E-state index in [-0.39, 0.29) is 19.8 Å². The predicted molar refractivity (Wildman–Crippen MR) is 123 cm³/mol. The lowest BCUT2D eigenvalue weighted by atomic mass is 9.92. The molecule has 0 saturated carbocycles. The number of carbonyl (C=O) groups is 2. The Morgan fingerprint density at radius 2 is 1.84 bits per heavy atom. The number of amides is 1. The standard InChI is InChI=1S/C23H25N3O5S/c24-20-19-18(13-6-8-14(9-7-13)31-11-10-30-12-17(27)28)15-4-2-1-3-5-16(15)26-23(19)32-21(20)22(25)29/h6-9H,1-5,10-12,24H2,(H2,25,29)(H,27,28). The van der Waals surface area contributed by atoms with Gasteiger partial charge in [0.15, 0.2) is 0 Å². The number of ether oxygens (including phenoxy) is 2. The smallest absolute Gasteiger partial charge is 0.329 e. The molecule has 1 aromatic carbocycles. The Bertz CT molecular complexity index is 1160. The number of nitrogens with zero attached hydrogens (tertiary/aromatic N) is 1. The van der Waals surface area contributed by atoms with E-state index >= 15 is 0 Å². The van der Waals surface area contributed by atoms with Crippen LogP contribution in [0.25, 0.3) is 21.3 Å². The van der Waals surface area contributed by atoms with Gasteiger partial charge in [-0.15, -0.1) is 11.3 Å². The van der Waals surface area contributed by atoms with Crippen LogP contribution in [0.5, 0.6) is 5.75 Å². The maximum Gasteiger partial charge on any atom is 0.329 e. The zero-order valence-corrected chi connectivity index (χ0v) is 18.4. The summed E-state index contributed by atoms with van der Waals surface area (Å²) in [5, 5.41) is 9.38. The van der Waals surface area contributed by atoms with E-state index in [0.717, 1.165) is 59.1 Å². The van der Waals surface area contributed by atoms with Crippen molar-refractivity contribution < 1.29 is 24.2 Å². The second-order valence-electron chi connectivity index (χ2n) is 7.68. The summed E-state index contributed by atoms with van der Waals surface area (Å²) in [6.07, 6.45) is 5.14. The second-order valence-corrected chi connectivity index (χ2v) is 8.68. The average molecular weight is 456 g/mol. The number of pyridine rings is 1. The van der Waals surface area contributed by atoms with Crippen LogP contribution < -0.4 is 16.2 Å². The number of anilines is 1. The number of primary amides is 1. The molecule has 168 valence electrons. The van der Waals surface area contributed by atoms with E-state index in [1.54, 1.807) is 0 Å². The Morgan fingerprint density at radius 3 is 2.56 bits per heavy atom. The van der Waals surface area contributed by atoms with Crippen molar-refractivity contribution in [2.24, 2.45) is 5.73 Å². The Labute approximate surface area is 189 Å². The monoisotopic (exact) mass is 455 g/mol. The van der Waals surface area contributed by atoms with Crippen LogP contribution in [-0.2, 0) is 22.4 Å². The van der Waals surface area contributed by atoms with Crippen LogP contribution in [0, 0.1) is 0 Å². The van der Waals surface area contributed by atoms with Crippen molar-refractivity contribution in [3.8, 4) is 16.9 Å². The van der Waals surface area contributed by atoms with Crippen LogP contribution >= 0.6 is 11.3 Å². The molecule has 1 amide bonds. The van der Waals surface area contributed by atoms with Gasteiger partial charge in [0.1, 0.15) is 28.7 Å². The number of nitrogen functional groups attached to an aromatic ring is 1. The lowest BCUT2D eigenvalue weighted by Gasteiger charge is -2.15. The minimum absolute atomic E-state index is 0.188. The summed E-state index contributed by atoms with van der Waals surface area (Å²) in [5.74, 6) is -0.898. The molecule has 32 heavy (non-hydrogen) atoms. The molecule has 2 heterocycles. The Hall–Kier alpha value is -3.17.